The van der Waals surface area contributed by atoms with Gasteiger partial charge in [-0.25, -0.2) is 0 Å². The number of carbonyl (C=O) groups excluding carboxylic acids is 1. The number of benzene rings is 4. The van der Waals surface area contributed by atoms with Crippen LogP contribution in [0.4, 0.5) is 0 Å². The number of rotatable bonds is 10. The van der Waals surface area contributed by atoms with Crippen LogP contribution in [-0.4, -0.2) is 32.2 Å². The first-order valence-electron chi connectivity index (χ1n) is 16.0. The Balaban J connectivity index is 0.000000182. The highest BCUT2D eigenvalue weighted by Gasteiger charge is 2.21. The quantitative estimate of drug-likeness (QED) is 0.131. The van der Waals surface area contributed by atoms with Gasteiger partial charge in [0.2, 0.25) is 0 Å². The number of hydrogen-bond donors (Lipinski definition) is 0. The van der Waals surface area contributed by atoms with E-state index in [4.69, 9.17) is 18.9 Å². The van der Waals surface area contributed by atoms with Crippen LogP contribution in [0.3, 0.4) is 0 Å². The Kier molecular flexibility index (Phi) is 11.5. The fourth-order valence-corrected chi connectivity index (χ4v) is 5.99. The summed E-state index contributed by atoms with van der Waals surface area (Å²) < 4.78 is 23.0. The minimum absolute atomic E-state index is 0.000440. The lowest BCUT2D eigenvalue weighted by molar-refractivity contribution is 0.103. The predicted octanol–water partition coefficient (Wildman–Crippen LogP) is 9.22. The van der Waals surface area contributed by atoms with Crippen molar-refractivity contribution >= 4 is 11.4 Å². The molecule has 0 radical (unpaired) electrons. The van der Waals surface area contributed by atoms with E-state index in [-0.39, 0.29) is 18.0 Å². The number of hydrogen-bond acceptors (Lipinski definition) is 6. The summed E-state index contributed by atoms with van der Waals surface area (Å²) in [5.74, 6) is 2.82. The molecule has 0 heterocycles. The number of allylic oxidation sites excluding steroid dienone is 1. The number of ether oxygens (including phenoxy) is 4. The van der Waals surface area contributed by atoms with E-state index in [1.165, 1.54) is 25.7 Å². The van der Waals surface area contributed by atoms with Gasteiger partial charge in [0.25, 0.3) is 0 Å². The van der Waals surface area contributed by atoms with Crippen molar-refractivity contribution in [2.75, 3.05) is 14.2 Å². The zero-order chi connectivity index (χ0) is 32.1. The van der Waals surface area contributed by atoms with Gasteiger partial charge in [0.15, 0.2) is 28.8 Å². The van der Waals surface area contributed by atoms with Gasteiger partial charge in [0, 0.05) is 17.2 Å². The Hall–Kier alpha value is -5.02. The Morgan fingerprint density at radius 1 is 0.609 bits per heavy atom. The van der Waals surface area contributed by atoms with E-state index in [0.29, 0.717) is 22.6 Å². The van der Waals surface area contributed by atoms with Crippen LogP contribution >= 0.6 is 0 Å². The van der Waals surface area contributed by atoms with Gasteiger partial charge in [0.1, 0.15) is 0 Å². The van der Waals surface area contributed by atoms with Crippen LogP contribution in [-0.2, 0) is 0 Å². The molecular formula is C40H41NO5. The molecule has 0 saturated heterocycles. The summed E-state index contributed by atoms with van der Waals surface area (Å²) >= 11 is 0. The van der Waals surface area contributed by atoms with E-state index >= 15 is 0 Å². The van der Waals surface area contributed by atoms with Gasteiger partial charge >= 0.3 is 0 Å². The molecule has 4 aromatic rings. The minimum atomic E-state index is -0.000440. The van der Waals surface area contributed by atoms with Crippen LogP contribution < -0.4 is 18.9 Å². The summed E-state index contributed by atoms with van der Waals surface area (Å²) in [6, 6.07) is 32.6. The molecule has 0 aliphatic heterocycles. The summed E-state index contributed by atoms with van der Waals surface area (Å²) in [5.41, 5.74) is 4.16. The standard InChI is InChI=1S/C21H21NO2.C19H20O3/c1-23-20-12-11-17(15-21(20)24-18-9-5-6-10-18)19(13-14-22)16-7-3-2-4-8-16;1-21-17-12-11-15(19(20)14-7-3-2-4-8-14)13-18(17)22-16-9-5-6-10-16/h2-4,7-8,11-13,15,18H,5-6,9-10H2,1H3;2-4,7-8,11-13,16H,5-6,9-10H2,1H3. The van der Waals surface area contributed by atoms with Gasteiger partial charge in [0.05, 0.1) is 32.5 Å². The van der Waals surface area contributed by atoms with Gasteiger partial charge in [-0.15, -0.1) is 0 Å². The molecule has 0 unspecified atom stereocenters. The highest BCUT2D eigenvalue weighted by molar-refractivity contribution is 6.09. The van der Waals surface area contributed by atoms with E-state index in [1.807, 2.05) is 78.9 Å². The topological polar surface area (TPSA) is 77.8 Å². The Bertz CT molecular complexity index is 1650. The monoisotopic (exact) mass is 615 g/mol. The summed E-state index contributed by atoms with van der Waals surface area (Å²) in [4.78, 5) is 12.5. The molecule has 4 aromatic carbocycles. The van der Waals surface area contributed by atoms with Gasteiger partial charge in [-0.2, -0.15) is 5.26 Å². The largest absolute Gasteiger partial charge is 0.493 e. The molecule has 2 aliphatic rings. The molecule has 6 heteroatoms. The summed E-state index contributed by atoms with van der Waals surface area (Å²) in [6.45, 7) is 0. The zero-order valence-corrected chi connectivity index (χ0v) is 26.6. The van der Waals surface area contributed by atoms with E-state index in [0.717, 1.165) is 53.9 Å². The molecule has 0 N–H and O–H groups in total. The predicted molar refractivity (Wildman–Crippen MR) is 181 cm³/mol. The van der Waals surface area contributed by atoms with Crippen LogP contribution in [0, 0.1) is 11.3 Å². The normalized spacial score (nSPS) is 14.9. The van der Waals surface area contributed by atoms with E-state index in [1.54, 1.807) is 38.5 Å². The second kappa shape index (κ2) is 16.3. The maximum Gasteiger partial charge on any atom is 0.193 e. The van der Waals surface area contributed by atoms with Crippen molar-refractivity contribution in [3.63, 3.8) is 0 Å². The first-order valence-corrected chi connectivity index (χ1v) is 16.0. The van der Waals surface area contributed by atoms with Gasteiger partial charge in [-0.3, -0.25) is 4.79 Å². The minimum Gasteiger partial charge on any atom is -0.493 e. The van der Waals surface area contributed by atoms with Crippen molar-refractivity contribution in [2.24, 2.45) is 0 Å². The summed E-state index contributed by atoms with van der Waals surface area (Å²) in [5, 5.41) is 9.18. The van der Waals surface area contributed by atoms with E-state index in [2.05, 4.69) is 6.07 Å². The van der Waals surface area contributed by atoms with Crippen molar-refractivity contribution in [1.82, 2.24) is 0 Å². The second-order valence-corrected chi connectivity index (χ2v) is 11.5. The molecule has 2 fully saturated rings. The van der Waals surface area contributed by atoms with Crippen molar-refractivity contribution in [3.05, 3.63) is 125 Å². The lowest BCUT2D eigenvalue weighted by Crippen LogP contribution is -2.12. The maximum absolute atomic E-state index is 12.5. The van der Waals surface area contributed by atoms with Gasteiger partial charge in [-0.05, 0) is 98.4 Å². The molecule has 0 aromatic heterocycles. The second-order valence-electron chi connectivity index (χ2n) is 11.5. The molecule has 2 saturated carbocycles. The van der Waals surface area contributed by atoms with Gasteiger partial charge < -0.3 is 18.9 Å². The third-order valence-corrected chi connectivity index (χ3v) is 8.42. The number of carbonyl (C=O) groups is 1. The molecule has 0 amide bonds. The number of nitriles is 1. The maximum atomic E-state index is 12.5. The van der Waals surface area contributed by atoms with Crippen LogP contribution in [0.25, 0.3) is 5.57 Å². The SMILES string of the molecule is COc1ccc(C(=CC#N)c2ccccc2)cc1OC1CCCC1.COc1ccc(C(=O)c2ccccc2)cc1OC1CCCC1. The number of methoxy groups -OCH3 is 2. The third kappa shape index (κ3) is 8.37. The molecule has 46 heavy (non-hydrogen) atoms. The average Bonchev–Trinajstić information content (AvgIpc) is 3.83. The summed E-state index contributed by atoms with van der Waals surface area (Å²) in [7, 11) is 3.27. The fraction of sp³-hybridized carbons (Fsp3) is 0.300. The molecule has 236 valence electrons. The number of nitrogens with zero attached hydrogens (tertiary/aromatic N) is 1. The Morgan fingerprint density at radius 2 is 1.07 bits per heavy atom. The third-order valence-electron chi connectivity index (χ3n) is 8.42. The van der Waals surface area contributed by atoms with Crippen molar-refractivity contribution in [3.8, 4) is 29.1 Å². The van der Waals surface area contributed by atoms with Crippen LogP contribution in [0.5, 0.6) is 23.0 Å². The molecule has 6 rings (SSSR count). The molecule has 0 spiro atoms. The lowest BCUT2D eigenvalue weighted by Gasteiger charge is -2.17. The smallest absolute Gasteiger partial charge is 0.193 e. The molecule has 0 bridgehead atoms. The van der Waals surface area contributed by atoms with Gasteiger partial charge in [-0.1, -0.05) is 66.7 Å². The van der Waals surface area contributed by atoms with Crippen LogP contribution in [0.2, 0.25) is 0 Å². The van der Waals surface area contributed by atoms with Crippen LogP contribution in [0.1, 0.15) is 78.4 Å². The van der Waals surface area contributed by atoms with Crippen LogP contribution in [0.15, 0.2) is 103 Å². The average molecular weight is 616 g/mol. The van der Waals surface area contributed by atoms with E-state index < -0.39 is 0 Å². The Morgan fingerprint density at radius 3 is 1.54 bits per heavy atom. The Labute approximate surface area is 272 Å². The van der Waals surface area contributed by atoms with E-state index in [9.17, 15) is 10.1 Å². The van der Waals surface area contributed by atoms with Crippen molar-refractivity contribution in [1.29, 1.82) is 5.26 Å². The summed E-state index contributed by atoms with van der Waals surface area (Å²) in [6.07, 6.45) is 11.2. The highest BCUT2D eigenvalue weighted by Crippen LogP contribution is 2.36. The number of ketones is 1. The first-order chi connectivity index (χ1) is 22.6. The van der Waals surface area contributed by atoms with Crippen molar-refractivity contribution < 1.29 is 23.7 Å². The molecule has 0 atom stereocenters. The molecule has 2 aliphatic carbocycles. The zero-order valence-electron chi connectivity index (χ0n) is 26.6. The first kappa shape index (κ1) is 32.4. The lowest BCUT2D eigenvalue weighted by atomic mass is 9.97. The highest BCUT2D eigenvalue weighted by atomic mass is 16.5. The fourth-order valence-electron chi connectivity index (χ4n) is 5.99. The molecular weight excluding hydrogens is 574 g/mol. The molecule has 6 nitrogen and oxygen atoms in total. The van der Waals surface area contributed by atoms with Crippen molar-refractivity contribution in [2.45, 2.75) is 63.6 Å².